The number of aliphatic carboxylic acids is 1. The molecule has 2 bridgehead atoms. The molecule has 1 aromatic carbocycles. The summed E-state index contributed by atoms with van der Waals surface area (Å²) in [5.41, 5.74) is -0.239. The van der Waals surface area contributed by atoms with Gasteiger partial charge in [-0.15, -0.1) is 0 Å². The number of fused-ring (bicyclic) bond motifs is 3. The van der Waals surface area contributed by atoms with E-state index in [0.717, 1.165) is 48.7 Å². The molecule has 0 heterocycles. The molecule has 1 N–H and O–H groups in total. The van der Waals surface area contributed by atoms with E-state index < -0.39 is 11.4 Å². The highest BCUT2D eigenvalue weighted by Crippen LogP contribution is 2.57. The fourth-order valence-corrected chi connectivity index (χ4v) is 3.97. The molecule has 4 heteroatoms. The quantitative estimate of drug-likeness (QED) is 0.892. The third kappa shape index (κ3) is 2.46. The molecule has 3 fully saturated rings. The van der Waals surface area contributed by atoms with Crippen LogP contribution >= 0.6 is 15.9 Å². The molecule has 1 aromatic rings. The second-order valence-corrected chi connectivity index (χ2v) is 7.25. The summed E-state index contributed by atoms with van der Waals surface area (Å²) in [6.45, 7) is 0.707. The van der Waals surface area contributed by atoms with Crippen molar-refractivity contribution in [2.45, 2.75) is 38.5 Å². The number of carboxylic acid groups (broad SMARTS) is 1. The molecule has 4 rings (SSSR count). The van der Waals surface area contributed by atoms with Crippen molar-refractivity contribution in [2.24, 2.45) is 10.8 Å². The molecule has 0 radical (unpaired) electrons. The van der Waals surface area contributed by atoms with Crippen molar-refractivity contribution in [1.29, 1.82) is 0 Å². The van der Waals surface area contributed by atoms with Crippen LogP contribution in [-0.4, -0.2) is 17.7 Å². The van der Waals surface area contributed by atoms with Gasteiger partial charge in [-0.2, -0.15) is 0 Å². The Balaban J connectivity index is 1.64. The van der Waals surface area contributed by atoms with Crippen molar-refractivity contribution in [1.82, 2.24) is 0 Å². The number of ether oxygens (including phenoxy) is 1. The summed E-state index contributed by atoms with van der Waals surface area (Å²) in [6, 6.07) is 7.89. The molecular weight excluding hydrogens is 320 g/mol. The second kappa shape index (κ2) is 5.06. The predicted octanol–water partition coefficient (Wildman–Crippen LogP) is 4.25. The molecule has 108 valence electrons. The molecule has 3 aliphatic rings. The third-order valence-corrected chi connectivity index (χ3v) is 5.69. The Hall–Kier alpha value is -1.03. The van der Waals surface area contributed by atoms with E-state index in [4.69, 9.17) is 4.74 Å². The average molecular weight is 339 g/mol. The van der Waals surface area contributed by atoms with Crippen molar-refractivity contribution in [3.63, 3.8) is 0 Å². The molecule has 0 saturated heterocycles. The van der Waals surface area contributed by atoms with E-state index in [1.165, 1.54) is 0 Å². The van der Waals surface area contributed by atoms with Gasteiger partial charge in [0.25, 0.3) is 0 Å². The smallest absolute Gasteiger partial charge is 0.309 e. The summed E-state index contributed by atoms with van der Waals surface area (Å²) in [7, 11) is 0. The Morgan fingerprint density at radius 3 is 2.40 bits per heavy atom. The Morgan fingerprint density at radius 2 is 1.85 bits per heavy atom. The lowest BCUT2D eigenvalue weighted by Gasteiger charge is -2.51. The van der Waals surface area contributed by atoms with E-state index >= 15 is 0 Å². The lowest BCUT2D eigenvalue weighted by Crippen LogP contribution is -2.48. The van der Waals surface area contributed by atoms with E-state index in [1.54, 1.807) is 0 Å². The van der Waals surface area contributed by atoms with Crippen molar-refractivity contribution in [3.05, 3.63) is 28.7 Å². The summed E-state index contributed by atoms with van der Waals surface area (Å²) in [6.07, 6.45) is 5.37. The summed E-state index contributed by atoms with van der Waals surface area (Å²) in [4.78, 5) is 11.4. The molecule has 3 aliphatic carbocycles. The first kappa shape index (κ1) is 13.9. The van der Waals surface area contributed by atoms with Gasteiger partial charge in [0.2, 0.25) is 0 Å². The van der Waals surface area contributed by atoms with E-state index in [0.29, 0.717) is 6.61 Å². The Morgan fingerprint density at radius 1 is 1.20 bits per heavy atom. The van der Waals surface area contributed by atoms with Crippen molar-refractivity contribution < 1.29 is 14.6 Å². The van der Waals surface area contributed by atoms with Gasteiger partial charge in [0, 0.05) is 9.89 Å². The van der Waals surface area contributed by atoms with Crippen LogP contribution in [-0.2, 0) is 4.79 Å². The number of hydrogen-bond acceptors (Lipinski definition) is 2. The molecule has 20 heavy (non-hydrogen) atoms. The fourth-order valence-electron chi connectivity index (χ4n) is 3.59. The van der Waals surface area contributed by atoms with Crippen LogP contribution in [0, 0.1) is 10.8 Å². The first-order valence-electron chi connectivity index (χ1n) is 7.16. The van der Waals surface area contributed by atoms with Gasteiger partial charge in [-0.3, -0.25) is 4.79 Å². The summed E-state index contributed by atoms with van der Waals surface area (Å²) in [5.74, 6) is 0.285. The largest absolute Gasteiger partial charge is 0.493 e. The van der Waals surface area contributed by atoms with Gasteiger partial charge in [-0.05, 0) is 56.7 Å². The van der Waals surface area contributed by atoms with E-state index in [2.05, 4.69) is 15.9 Å². The van der Waals surface area contributed by atoms with E-state index in [9.17, 15) is 9.90 Å². The topological polar surface area (TPSA) is 46.5 Å². The van der Waals surface area contributed by atoms with Crippen LogP contribution in [0.15, 0.2) is 28.7 Å². The van der Waals surface area contributed by atoms with E-state index in [1.807, 2.05) is 24.3 Å². The molecule has 0 unspecified atom stereocenters. The zero-order valence-electron chi connectivity index (χ0n) is 11.4. The third-order valence-electron chi connectivity index (χ3n) is 5.20. The SMILES string of the molecule is O=C(O)C12CCC(COc3cccc(Br)c3)(CC1)CC2. The molecule has 0 atom stereocenters. The van der Waals surface area contributed by atoms with Gasteiger partial charge in [0.05, 0.1) is 12.0 Å². The summed E-state index contributed by atoms with van der Waals surface area (Å²) in [5, 5.41) is 9.40. The maximum Gasteiger partial charge on any atom is 0.309 e. The summed E-state index contributed by atoms with van der Waals surface area (Å²) < 4.78 is 6.98. The minimum absolute atomic E-state index is 0.194. The van der Waals surface area contributed by atoms with Crippen LogP contribution in [0.3, 0.4) is 0 Å². The Bertz CT molecular complexity index is 502. The number of carbonyl (C=O) groups is 1. The highest BCUT2D eigenvalue weighted by molar-refractivity contribution is 9.10. The van der Waals surface area contributed by atoms with Gasteiger partial charge >= 0.3 is 5.97 Å². The maximum absolute atomic E-state index is 11.4. The van der Waals surface area contributed by atoms with Crippen LogP contribution < -0.4 is 4.74 Å². The molecule has 3 saturated carbocycles. The Kier molecular flexibility index (Phi) is 3.53. The molecular formula is C16H19BrO3. The van der Waals surface area contributed by atoms with Crippen LogP contribution in [0.1, 0.15) is 38.5 Å². The number of carboxylic acids is 1. The fraction of sp³-hybridized carbons (Fsp3) is 0.562. The van der Waals surface area contributed by atoms with E-state index in [-0.39, 0.29) is 5.41 Å². The van der Waals surface area contributed by atoms with Crippen LogP contribution in [0.2, 0.25) is 0 Å². The normalized spacial score (nSPS) is 32.0. The zero-order chi connectivity index (χ0) is 14.2. The second-order valence-electron chi connectivity index (χ2n) is 6.33. The zero-order valence-corrected chi connectivity index (χ0v) is 13.0. The maximum atomic E-state index is 11.4. The number of halogens is 1. The summed E-state index contributed by atoms with van der Waals surface area (Å²) >= 11 is 3.44. The highest BCUT2D eigenvalue weighted by Gasteiger charge is 2.52. The minimum atomic E-state index is -0.598. The minimum Gasteiger partial charge on any atom is -0.493 e. The first-order chi connectivity index (χ1) is 9.54. The van der Waals surface area contributed by atoms with Crippen LogP contribution in [0.4, 0.5) is 0 Å². The van der Waals surface area contributed by atoms with Crippen molar-refractivity contribution in [3.8, 4) is 5.75 Å². The molecule has 0 spiro atoms. The number of benzene rings is 1. The van der Waals surface area contributed by atoms with Gasteiger partial charge in [-0.1, -0.05) is 22.0 Å². The first-order valence-corrected chi connectivity index (χ1v) is 7.95. The average Bonchev–Trinajstić information content (AvgIpc) is 2.47. The standard InChI is InChI=1S/C16H19BrO3/c17-12-2-1-3-13(10-12)20-11-15-4-7-16(8-5-15,9-6-15)14(18)19/h1-3,10H,4-9,11H2,(H,18,19). The lowest BCUT2D eigenvalue weighted by molar-refractivity contribution is -0.160. The lowest BCUT2D eigenvalue weighted by atomic mass is 9.54. The monoisotopic (exact) mass is 338 g/mol. The van der Waals surface area contributed by atoms with Gasteiger partial charge in [-0.25, -0.2) is 0 Å². The highest BCUT2D eigenvalue weighted by atomic mass is 79.9. The van der Waals surface area contributed by atoms with Crippen LogP contribution in [0.5, 0.6) is 5.75 Å². The molecule has 0 aliphatic heterocycles. The predicted molar refractivity (Wildman–Crippen MR) is 79.8 cm³/mol. The van der Waals surface area contributed by atoms with Crippen molar-refractivity contribution >= 4 is 21.9 Å². The molecule has 3 nitrogen and oxygen atoms in total. The van der Waals surface area contributed by atoms with Crippen molar-refractivity contribution in [2.75, 3.05) is 6.61 Å². The van der Waals surface area contributed by atoms with Gasteiger partial charge < -0.3 is 9.84 Å². The molecule has 0 aromatic heterocycles. The van der Waals surface area contributed by atoms with Gasteiger partial charge in [0.15, 0.2) is 0 Å². The van der Waals surface area contributed by atoms with Gasteiger partial charge in [0.1, 0.15) is 5.75 Å². The number of hydrogen-bond donors (Lipinski definition) is 1. The van der Waals surface area contributed by atoms with Crippen LogP contribution in [0.25, 0.3) is 0 Å². The molecule has 0 amide bonds. The Labute approximate surface area is 127 Å². The number of rotatable bonds is 4.